The van der Waals surface area contributed by atoms with Crippen molar-refractivity contribution in [2.24, 2.45) is 11.3 Å². The molecular weight excluding hydrogens is 316 g/mol. The summed E-state index contributed by atoms with van der Waals surface area (Å²) in [6.07, 6.45) is 3.42. The van der Waals surface area contributed by atoms with Crippen molar-refractivity contribution in [1.82, 2.24) is 4.90 Å². The fourth-order valence-electron chi connectivity index (χ4n) is 2.98. The van der Waals surface area contributed by atoms with Gasteiger partial charge < -0.3 is 9.64 Å². The largest absolute Gasteiger partial charge is 0.497 e. The van der Waals surface area contributed by atoms with E-state index in [0.717, 1.165) is 11.3 Å². The highest BCUT2D eigenvalue weighted by Gasteiger charge is 2.45. The number of ketones is 1. The molecule has 0 saturated heterocycles. The van der Waals surface area contributed by atoms with Crippen LogP contribution >= 0.6 is 0 Å². The molecule has 1 unspecified atom stereocenters. The lowest BCUT2D eigenvalue weighted by Gasteiger charge is -2.39. The van der Waals surface area contributed by atoms with E-state index in [1.54, 1.807) is 32.9 Å². The van der Waals surface area contributed by atoms with Gasteiger partial charge in [0.25, 0.3) is 0 Å². The van der Waals surface area contributed by atoms with Crippen LogP contribution in [0.5, 0.6) is 5.75 Å². The number of hydrogen-bond donors (Lipinski definition) is 0. The molecule has 0 spiro atoms. The van der Waals surface area contributed by atoms with E-state index in [4.69, 9.17) is 10.00 Å². The van der Waals surface area contributed by atoms with E-state index in [1.807, 2.05) is 42.5 Å². The van der Waals surface area contributed by atoms with E-state index in [-0.39, 0.29) is 17.3 Å². The molecule has 25 heavy (non-hydrogen) atoms. The summed E-state index contributed by atoms with van der Waals surface area (Å²) in [5.41, 5.74) is 0.173. The number of amides is 1. The number of rotatable bonds is 1. The molecule has 1 aliphatic carbocycles. The fraction of sp³-hybridized carbons (Fsp3) is 0.350. The van der Waals surface area contributed by atoms with Crippen molar-refractivity contribution in [1.29, 1.82) is 5.26 Å². The first-order valence-electron chi connectivity index (χ1n) is 8.04. The number of ether oxygens (including phenoxy) is 1. The number of methoxy groups -OCH3 is 1. The molecule has 1 amide bonds. The molecule has 0 N–H and O–H groups in total. The monoisotopic (exact) mass is 338 g/mol. The summed E-state index contributed by atoms with van der Waals surface area (Å²) >= 11 is 0. The summed E-state index contributed by atoms with van der Waals surface area (Å²) in [6, 6.07) is 11.6. The van der Waals surface area contributed by atoms with Gasteiger partial charge in [-0.2, -0.15) is 5.26 Å². The third kappa shape index (κ3) is 3.63. The van der Waals surface area contributed by atoms with Crippen molar-refractivity contribution in [3.63, 3.8) is 0 Å². The van der Waals surface area contributed by atoms with Crippen LogP contribution in [0.4, 0.5) is 0 Å². The summed E-state index contributed by atoms with van der Waals surface area (Å²) in [7, 11) is 3.38. The number of nitriles is 1. The van der Waals surface area contributed by atoms with Crippen molar-refractivity contribution >= 4 is 11.7 Å². The number of carbonyl (C=O) groups excluding carboxylic acids is 2. The zero-order valence-electron chi connectivity index (χ0n) is 14.9. The fourth-order valence-corrected chi connectivity index (χ4v) is 2.98. The number of fused-ring (bicyclic) bond motifs is 1. The summed E-state index contributed by atoms with van der Waals surface area (Å²) in [6.45, 7) is 4.07. The third-order valence-electron chi connectivity index (χ3n) is 4.53. The van der Waals surface area contributed by atoms with E-state index in [1.165, 1.54) is 6.08 Å². The van der Waals surface area contributed by atoms with E-state index >= 15 is 0 Å². The van der Waals surface area contributed by atoms with Gasteiger partial charge in [0.15, 0.2) is 5.78 Å². The third-order valence-corrected chi connectivity index (χ3v) is 4.53. The maximum Gasteiger partial charge on any atom is 0.233 e. The molecule has 0 radical (unpaired) electrons. The molecule has 130 valence electrons. The predicted molar refractivity (Wildman–Crippen MR) is 94.7 cm³/mol. The Labute approximate surface area is 148 Å². The number of para-hydroxylation sites is 1. The SMILES string of the molecule is CN1CC=C2C(C=C(C#N)C(=O)C2(C)C)C1=O.COc1ccccc1. The Hall–Kier alpha value is -2.87. The van der Waals surface area contributed by atoms with E-state index in [2.05, 4.69) is 0 Å². The van der Waals surface area contributed by atoms with Gasteiger partial charge in [0.1, 0.15) is 11.8 Å². The smallest absolute Gasteiger partial charge is 0.233 e. The van der Waals surface area contributed by atoms with Gasteiger partial charge in [0, 0.05) is 13.6 Å². The van der Waals surface area contributed by atoms with Crippen molar-refractivity contribution < 1.29 is 14.3 Å². The van der Waals surface area contributed by atoms with Crippen LogP contribution in [0.25, 0.3) is 0 Å². The summed E-state index contributed by atoms with van der Waals surface area (Å²) < 4.78 is 4.91. The van der Waals surface area contributed by atoms with Crippen LogP contribution in [0.3, 0.4) is 0 Å². The molecule has 1 aromatic rings. The molecule has 5 nitrogen and oxygen atoms in total. The van der Waals surface area contributed by atoms with Crippen LogP contribution < -0.4 is 4.74 Å². The number of allylic oxidation sites excluding steroid dienone is 1. The zero-order chi connectivity index (χ0) is 18.6. The molecular formula is C20H22N2O3. The molecule has 1 aliphatic heterocycles. The maximum absolute atomic E-state index is 12.1. The van der Waals surface area contributed by atoms with Crippen LogP contribution in [0.15, 0.2) is 53.6 Å². The number of carbonyl (C=O) groups is 2. The Balaban J connectivity index is 0.000000236. The quantitative estimate of drug-likeness (QED) is 0.738. The molecule has 5 heteroatoms. The van der Waals surface area contributed by atoms with Crippen molar-refractivity contribution in [3.05, 3.63) is 53.6 Å². The van der Waals surface area contributed by atoms with Crippen molar-refractivity contribution in [2.45, 2.75) is 13.8 Å². The number of Topliss-reactive ketones (excluding diaryl/α,β-unsaturated/α-hetero) is 1. The van der Waals surface area contributed by atoms with Crippen molar-refractivity contribution in [3.8, 4) is 11.8 Å². The lowest BCUT2D eigenvalue weighted by molar-refractivity contribution is -0.133. The second kappa shape index (κ2) is 7.35. The van der Waals surface area contributed by atoms with Crippen LogP contribution in [-0.4, -0.2) is 37.3 Å². The highest BCUT2D eigenvalue weighted by Crippen LogP contribution is 2.42. The lowest BCUT2D eigenvalue weighted by Crippen LogP contribution is -2.45. The predicted octanol–water partition coefficient (Wildman–Crippen LogP) is 2.76. The van der Waals surface area contributed by atoms with E-state index < -0.39 is 11.3 Å². The minimum atomic E-state index is -0.749. The highest BCUT2D eigenvalue weighted by molar-refractivity contribution is 6.08. The average Bonchev–Trinajstić information content (AvgIpc) is 2.62. The molecule has 0 saturated carbocycles. The van der Waals surface area contributed by atoms with Gasteiger partial charge in [-0.1, -0.05) is 24.3 Å². The van der Waals surface area contributed by atoms with Crippen LogP contribution in [-0.2, 0) is 9.59 Å². The lowest BCUT2D eigenvalue weighted by atomic mass is 9.66. The Morgan fingerprint density at radius 3 is 2.40 bits per heavy atom. The number of nitrogens with zero attached hydrogens (tertiary/aromatic N) is 2. The van der Waals surface area contributed by atoms with Gasteiger partial charge in [-0.15, -0.1) is 0 Å². The summed E-state index contributed by atoms with van der Waals surface area (Å²) in [5.74, 6) is 0.222. The number of likely N-dealkylation sites (N-methyl/N-ethyl adjacent to an activating group) is 1. The van der Waals surface area contributed by atoms with Gasteiger partial charge in [0.2, 0.25) is 5.91 Å². The second-order valence-corrected chi connectivity index (χ2v) is 6.52. The van der Waals surface area contributed by atoms with E-state index in [0.29, 0.717) is 6.54 Å². The Kier molecular flexibility index (Phi) is 5.43. The van der Waals surface area contributed by atoms with Crippen LogP contribution in [0.2, 0.25) is 0 Å². The average molecular weight is 338 g/mol. The molecule has 0 fully saturated rings. The number of benzene rings is 1. The summed E-state index contributed by atoms with van der Waals surface area (Å²) in [4.78, 5) is 25.7. The van der Waals surface area contributed by atoms with Gasteiger partial charge in [-0.3, -0.25) is 9.59 Å². The molecule has 2 aliphatic rings. The first-order chi connectivity index (χ1) is 11.8. The second-order valence-electron chi connectivity index (χ2n) is 6.52. The molecule has 0 aromatic heterocycles. The normalized spacial score (nSPS) is 21.1. The van der Waals surface area contributed by atoms with Crippen LogP contribution in [0.1, 0.15) is 13.8 Å². The Morgan fingerprint density at radius 1 is 1.24 bits per heavy atom. The molecule has 3 rings (SSSR count). The highest BCUT2D eigenvalue weighted by atomic mass is 16.5. The molecule has 0 bridgehead atoms. The summed E-state index contributed by atoms with van der Waals surface area (Å²) in [5, 5.41) is 8.95. The topological polar surface area (TPSA) is 70.4 Å². The van der Waals surface area contributed by atoms with Gasteiger partial charge in [-0.05, 0) is 37.6 Å². The minimum absolute atomic E-state index is 0.0455. The molecule has 1 aromatic carbocycles. The van der Waals surface area contributed by atoms with Crippen molar-refractivity contribution in [2.75, 3.05) is 20.7 Å². The maximum atomic E-state index is 12.1. The van der Waals surface area contributed by atoms with Crippen LogP contribution in [0, 0.1) is 22.7 Å². The zero-order valence-corrected chi connectivity index (χ0v) is 14.9. The molecule has 1 atom stereocenters. The van der Waals surface area contributed by atoms with E-state index in [9.17, 15) is 9.59 Å². The Morgan fingerprint density at radius 2 is 1.88 bits per heavy atom. The standard InChI is InChI=1S/C13H14N2O2.C7H8O/c1-13(2)10-4-5-15(3)12(17)9(10)6-8(7-14)11(13)16;1-8-7-5-3-2-4-6-7/h4,6,9H,5H2,1-3H3;2-6H,1H3. The van der Waals surface area contributed by atoms with Gasteiger partial charge in [0.05, 0.1) is 24.0 Å². The number of hydrogen-bond acceptors (Lipinski definition) is 4. The molecule has 1 heterocycles. The first-order valence-corrected chi connectivity index (χ1v) is 8.04. The van der Waals surface area contributed by atoms with Gasteiger partial charge >= 0.3 is 0 Å². The Bertz CT molecular complexity index is 770. The minimum Gasteiger partial charge on any atom is -0.497 e. The first kappa shape index (κ1) is 18.5. The van der Waals surface area contributed by atoms with Gasteiger partial charge in [-0.25, -0.2) is 0 Å².